The third kappa shape index (κ3) is 6.34. The number of hydrogen-bond acceptors (Lipinski definition) is 2. The first-order valence-electron chi connectivity index (χ1n) is 4.88. The van der Waals surface area contributed by atoms with Gasteiger partial charge in [0.1, 0.15) is 11.8 Å². The van der Waals surface area contributed by atoms with Gasteiger partial charge in [0.2, 0.25) is 0 Å². The molecule has 15 heavy (non-hydrogen) atoms. The van der Waals surface area contributed by atoms with E-state index in [9.17, 15) is 0 Å². The Balaban J connectivity index is 4.20. The van der Waals surface area contributed by atoms with Crippen LogP contribution in [0.5, 0.6) is 0 Å². The third-order valence-corrected chi connectivity index (χ3v) is 2.48. The Bertz CT molecular complexity index is 286. The predicted molar refractivity (Wildman–Crippen MR) is 71.7 cm³/mol. The summed E-state index contributed by atoms with van der Waals surface area (Å²) in [5.41, 5.74) is 0.530. The highest BCUT2D eigenvalue weighted by Gasteiger charge is 2.03. The van der Waals surface area contributed by atoms with E-state index in [-0.39, 0.29) is 0 Å². The minimum Gasteiger partial charge on any atom is -0.493 e. The Kier molecular flexibility index (Phi) is 9.29. The van der Waals surface area contributed by atoms with Gasteiger partial charge in [-0.15, -0.1) is 0 Å². The van der Waals surface area contributed by atoms with Crippen molar-refractivity contribution >= 4 is 22.6 Å². The van der Waals surface area contributed by atoms with Gasteiger partial charge in [0.25, 0.3) is 0 Å². The molecule has 0 saturated carbocycles. The zero-order valence-electron chi connectivity index (χ0n) is 9.00. The summed E-state index contributed by atoms with van der Waals surface area (Å²) in [5.74, 6) is 0.644. The van der Waals surface area contributed by atoms with Gasteiger partial charge in [0, 0.05) is 0 Å². The standard InChI is InChI=1S/C12H16INO/c1-3-7-11(10-14)12(4-2)15-9-6-5-8-13/h3-4,7H,1,5-6,8-9H2,2H3/b11-7-,12-4+. The second-order valence-electron chi connectivity index (χ2n) is 2.83. The molecule has 0 amide bonds. The fourth-order valence-corrected chi connectivity index (χ4v) is 1.53. The van der Waals surface area contributed by atoms with Crippen molar-refractivity contribution in [2.75, 3.05) is 11.0 Å². The van der Waals surface area contributed by atoms with Gasteiger partial charge >= 0.3 is 0 Å². The first-order chi connectivity index (χ1) is 7.29. The maximum Gasteiger partial charge on any atom is 0.132 e. The molecule has 0 heterocycles. The SMILES string of the molecule is C=C/C=C(C#N)\C(=C/C)OCCCCI. The number of rotatable bonds is 7. The van der Waals surface area contributed by atoms with Gasteiger partial charge in [-0.3, -0.25) is 0 Å². The van der Waals surface area contributed by atoms with E-state index in [4.69, 9.17) is 10.00 Å². The molecule has 0 atom stereocenters. The van der Waals surface area contributed by atoms with Crippen molar-refractivity contribution in [1.29, 1.82) is 5.26 Å². The first-order valence-corrected chi connectivity index (χ1v) is 6.41. The number of allylic oxidation sites excluding steroid dienone is 4. The van der Waals surface area contributed by atoms with E-state index in [1.54, 1.807) is 12.2 Å². The highest BCUT2D eigenvalue weighted by Crippen LogP contribution is 2.11. The van der Waals surface area contributed by atoms with Gasteiger partial charge in [0.15, 0.2) is 0 Å². The molecule has 0 radical (unpaired) electrons. The van der Waals surface area contributed by atoms with Gasteiger partial charge in [-0.1, -0.05) is 35.2 Å². The summed E-state index contributed by atoms with van der Waals surface area (Å²) in [6.45, 7) is 6.09. The third-order valence-electron chi connectivity index (χ3n) is 1.72. The summed E-state index contributed by atoms with van der Waals surface area (Å²) in [6, 6.07) is 2.09. The predicted octanol–water partition coefficient (Wildman–Crippen LogP) is 3.76. The number of ether oxygens (including phenoxy) is 1. The van der Waals surface area contributed by atoms with Crippen LogP contribution in [0.2, 0.25) is 0 Å². The smallest absolute Gasteiger partial charge is 0.132 e. The van der Waals surface area contributed by atoms with Crippen LogP contribution in [0.4, 0.5) is 0 Å². The highest BCUT2D eigenvalue weighted by molar-refractivity contribution is 14.1. The largest absolute Gasteiger partial charge is 0.493 e. The fraction of sp³-hybridized carbons (Fsp3) is 0.417. The van der Waals surface area contributed by atoms with Crippen LogP contribution in [0.3, 0.4) is 0 Å². The van der Waals surface area contributed by atoms with Crippen molar-refractivity contribution < 1.29 is 4.74 Å². The lowest BCUT2D eigenvalue weighted by atomic mass is 10.2. The average molecular weight is 317 g/mol. The molecule has 2 nitrogen and oxygen atoms in total. The topological polar surface area (TPSA) is 33.0 Å². The van der Waals surface area contributed by atoms with E-state index in [0.717, 1.165) is 17.3 Å². The van der Waals surface area contributed by atoms with Gasteiger partial charge in [-0.05, 0) is 36.3 Å². The Hall–Kier alpha value is -0.760. The molecule has 0 aliphatic heterocycles. The molecule has 0 spiro atoms. The van der Waals surface area contributed by atoms with Gasteiger partial charge in [0.05, 0.1) is 12.2 Å². The van der Waals surface area contributed by atoms with Crippen LogP contribution in [0.15, 0.2) is 36.1 Å². The van der Waals surface area contributed by atoms with E-state index in [1.165, 1.54) is 0 Å². The highest BCUT2D eigenvalue weighted by atomic mass is 127. The zero-order valence-corrected chi connectivity index (χ0v) is 11.2. The number of alkyl halides is 1. The first kappa shape index (κ1) is 14.2. The van der Waals surface area contributed by atoms with Crippen LogP contribution in [0, 0.1) is 11.3 Å². The molecule has 0 N–H and O–H groups in total. The lowest BCUT2D eigenvalue weighted by molar-refractivity contribution is 0.216. The molecule has 0 aromatic rings. The van der Waals surface area contributed by atoms with Gasteiger partial charge in [-0.2, -0.15) is 5.26 Å². The molecule has 3 heteroatoms. The Morgan fingerprint density at radius 1 is 1.53 bits per heavy atom. The molecule has 0 fully saturated rings. The maximum absolute atomic E-state index is 8.87. The average Bonchev–Trinajstić information content (AvgIpc) is 2.27. The molecular formula is C12H16INO. The molecular weight excluding hydrogens is 301 g/mol. The quantitative estimate of drug-likeness (QED) is 0.179. The summed E-state index contributed by atoms with van der Waals surface area (Å²) in [5, 5.41) is 8.87. The van der Waals surface area contributed by atoms with E-state index >= 15 is 0 Å². The molecule has 0 rings (SSSR count). The van der Waals surface area contributed by atoms with Crippen molar-refractivity contribution in [3.8, 4) is 6.07 Å². The van der Waals surface area contributed by atoms with Gasteiger partial charge < -0.3 is 4.74 Å². The van der Waals surface area contributed by atoms with Crippen molar-refractivity contribution in [3.05, 3.63) is 36.1 Å². The second kappa shape index (κ2) is 9.78. The van der Waals surface area contributed by atoms with Crippen molar-refractivity contribution in [2.24, 2.45) is 0 Å². The van der Waals surface area contributed by atoms with Crippen LogP contribution in [-0.2, 0) is 4.74 Å². The number of nitrogens with zero attached hydrogens (tertiary/aromatic N) is 1. The molecule has 0 aliphatic carbocycles. The van der Waals surface area contributed by atoms with Crippen LogP contribution < -0.4 is 0 Å². The maximum atomic E-state index is 8.87. The van der Waals surface area contributed by atoms with Crippen LogP contribution in [-0.4, -0.2) is 11.0 Å². The number of unbranched alkanes of at least 4 members (excludes halogenated alkanes) is 1. The lowest BCUT2D eigenvalue weighted by Crippen LogP contribution is -1.97. The Labute approximate surface area is 105 Å². The van der Waals surface area contributed by atoms with E-state index in [1.807, 2.05) is 13.0 Å². The second-order valence-corrected chi connectivity index (χ2v) is 3.90. The van der Waals surface area contributed by atoms with Crippen molar-refractivity contribution in [1.82, 2.24) is 0 Å². The Morgan fingerprint density at radius 3 is 2.73 bits per heavy atom. The lowest BCUT2D eigenvalue weighted by Gasteiger charge is -2.08. The van der Waals surface area contributed by atoms with Gasteiger partial charge in [-0.25, -0.2) is 0 Å². The van der Waals surface area contributed by atoms with Crippen LogP contribution in [0.1, 0.15) is 19.8 Å². The minimum atomic E-state index is 0.530. The van der Waals surface area contributed by atoms with Crippen molar-refractivity contribution in [2.45, 2.75) is 19.8 Å². The summed E-state index contributed by atoms with van der Waals surface area (Å²) >= 11 is 2.34. The summed E-state index contributed by atoms with van der Waals surface area (Å²) < 4.78 is 6.66. The normalized spacial score (nSPS) is 12.1. The van der Waals surface area contributed by atoms with E-state index in [0.29, 0.717) is 17.9 Å². The fourth-order valence-electron chi connectivity index (χ4n) is 0.988. The molecule has 0 unspecified atom stereocenters. The van der Waals surface area contributed by atoms with Crippen molar-refractivity contribution in [3.63, 3.8) is 0 Å². The molecule has 0 bridgehead atoms. The number of nitriles is 1. The summed E-state index contributed by atoms with van der Waals surface area (Å²) in [7, 11) is 0. The van der Waals surface area contributed by atoms with E-state index in [2.05, 4.69) is 35.2 Å². The summed E-state index contributed by atoms with van der Waals surface area (Å²) in [4.78, 5) is 0. The van der Waals surface area contributed by atoms with Crippen LogP contribution in [0.25, 0.3) is 0 Å². The minimum absolute atomic E-state index is 0.530. The number of hydrogen-bond donors (Lipinski definition) is 0. The molecule has 0 aliphatic rings. The molecule has 0 saturated heterocycles. The summed E-state index contributed by atoms with van der Waals surface area (Å²) in [6.07, 6.45) is 7.23. The van der Waals surface area contributed by atoms with Crippen LogP contribution >= 0.6 is 22.6 Å². The monoisotopic (exact) mass is 317 g/mol. The zero-order chi connectivity index (χ0) is 11.5. The van der Waals surface area contributed by atoms with E-state index < -0.39 is 0 Å². The molecule has 0 aromatic heterocycles. The molecule has 0 aromatic carbocycles. The molecule has 82 valence electrons. The Morgan fingerprint density at radius 2 is 2.27 bits per heavy atom. The number of halogens is 1.